The second kappa shape index (κ2) is 8.04. The number of carbonyl (C=O) groups excluding carboxylic acids is 1. The molecule has 0 aliphatic carbocycles. The van der Waals surface area contributed by atoms with Crippen molar-refractivity contribution in [2.45, 2.75) is 25.1 Å². The summed E-state index contributed by atoms with van der Waals surface area (Å²) in [4.78, 5) is 23.6. The lowest BCUT2D eigenvalue weighted by Crippen LogP contribution is -2.44. The zero-order chi connectivity index (χ0) is 20.3. The summed E-state index contributed by atoms with van der Waals surface area (Å²) < 4.78 is 43.9. The second-order valence-electron chi connectivity index (χ2n) is 6.80. The first-order chi connectivity index (χ1) is 13.2. The Balaban J connectivity index is 1.69. The molecule has 1 amide bonds. The molecule has 1 unspecified atom stereocenters. The smallest absolute Gasteiger partial charge is 0.433 e. The summed E-state index contributed by atoms with van der Waals surface area (Å²) in [6.45, 7) is 0.832. The quantitative estimate of drug-likeness (QED) is 0.797. The summed E-state index contributed by atoms with van der Waals surface area (Å²) >= 11 is 0. The molecule has 1 fully saturated rings. The van der Waals surface area contributed by atoms with Crippen molar-refractivity contribution in [3.63, 3.8) is 0 Å². The van der Waals surface area contributed by atoms with Gasteiger partial charge >= 0.3 is 12.2 Å². The number of piperidine rings is 1. The van der Waals surface area contributed by atoms with E-state index >= 15 is 0 Å². The molecule has 1 aromatic heterocycles. The van der Waals surface area contributed by atoms with Crippen LogP contribution < -0.4 is 9.64 Å². The highest BCUT2D eigenvalue weighted by Gasteiger charge is 2.33. The zero-order valence-electron chi connectivity index (χ0n) is 15.6. The molecule has 150 valence electrons. The number of likely N-dealkylation sites (tertiary alicyclic amines) is 1. The van der Waals surface area contributed by atoms with Crippen LogP contribution in [-0.4, -0.2) is 54.1 Å². The lowest BCUT2D eigenvalue weighted by molar-refractivity contribution is -0.141. The fourth-order valence-corrected chi connectivity index (χ4v) is 3.02. The summed E-state index contributed by atoms with van der Waals surface area (Å²) in [5.41, 5.74) is 0.414. The van der Waals surface area contributed by atoms with Gasteiger partial charge in [-0.05, 0) is 37.1 Å². The van der Waals surface area contributed by atoms with E-state index in [0.717, 1.165) is 18.0 Å². The SMILES string of the molecule is CN(C)c1cccc(C(=O)N2CCCC(Oc3nccc(C(F)(F)F)n3)C2)c1. The highest BCUT2D eigenvalue weighted by atomic mass is 19.4. The van der Waals surface area contributed by atoms with Crippen molar-refractivity contribution >= 4 is 11.6 Å². The fraction of sp³-hybridized carbons (Fsp3) is 0.421. The van der Waals surface area contributed by atoms with E-state index < -0.39 is 18.0 Å². The van der Waals surface area contributed by atoms with E-state index in [4.69, 9.17) is 4.74 Å². The third-order valence-electron chi connectivity index (χ3n) is 4.47. The van der Waals surface area contributed by atoms with Gasteiger partial charge in [-0.15, -0.1) is 0 Å². The summed E-state index contributed by atoms with van der Waals surface area (Å²) in [5, 5.41) is 0. The molecular formula is C19H21F3N4O2. The molecule has 1 aliphatic heterocycles. The van der Waals surface area contributed by atoms with Crippen LogP contribution in [0.2, 0.25) is 0 Å². The van der Waals surface area contributed by atoms with E-state index in [1.54, 1.807) is 11.0 Å². The molecule has 3 rings (SSSR count). The molecule has 1 saturated heterocycles. The highest BCUT2D eigenvalue weighted by molar-refractivity contribution is 5.95. The number of benzene rings is 1. The van der Waals surface area contributed by atoms with Crippen LogP contribution in [0.15, 0.2) is 36.5 Å². The van der Waals surface area contributed by atoms with Gasteiger partial charge in [0.1, 0.15) is 6.10 Å². The molecule has 2 heterocycles. The molecule has 28 heavy (non-hydrogen) atoms. The Morgan fingerprint density at radius 3 is 2.79 bits per heavy atom. The lowest BCUT2D eigenvalue weighted by atomic mass is 10.1. The third-order valence-corrected chi connectivity index (χ3v) is 4.47. The van der Waals surface area contributed by atoms with Crippen molar-refractivity contribution in [1.82, 2.24) is 14.9 Å². The van der Waals surface area contributed by atoms with Crippen LogP contribution in [0.1, 0.15) is 28.9 Å². The van der Waals surface area contributed by atoms with Crippen molar-refractivity contribution in [3.05, 3.63) is 47.8 Å². The number of nitrogens with zero attached hydrogens (tertiary/aromatic N) is 4. The summed E-state index contributed by atoms with van der Waals surface area (Å²) in [6.07, 6.45) is -2.71. The van der Waals surface area contributed by atoms with E-state index in [9.17, 15) is 18.0 Å². The van der Waals surface area contributed by atoms with Gasteiger partial charge in [-0.25, -0.2) is 4.98 Å². The minimum absolute atomic E-state index is 0.137. The number of hydrogen-bond donors (Lipinski definition) is 0. The second-order valence-corrected chi connectivity index (χ2v) is 6.80. The minimum atomic E-state index is -4.56. The van der Waals surface area contributed by atoms with Crippen LogP contribution in [0.3, 0.4) is 0 Å². The van der Waals surface area contributed by atoms with E-state index in [0.29, 0.717) is 24.9 Å². The maximum absolute atomic E-state index is 12.8. The van der Waals surface area contributed by atoms with E-state index in [1.165, 1.54) is 0 Å². The molecule has 1 atom stereocenters. The largest absolute Gasteiger partial charge is 0.458 e. The average molecular weight is 394 g/mol. The number of halogens is 3. The van der Waals surface area contributed by atoms with Crippen LogP contribution in [0, 0.1) is 0 Å². The maximum atomic E-state index is 12.8. The fourth-order valence-electron chi connectivity index (χ4n) is 3.02. The number of alkyl halides is 3. The zero-order valence-corrected chi connectivity index (χ0v) is 15.6. The van der Waals surface area contributed by atoms with Gasteiger partial charge in [0.25, 0.3) is 5.91 Å². The summed E-state index contributed by atoms with van der Waals surface area (Å²) in [7, 11) is 3.78. The van der Waals surface area contributed by atoms with Gasteiger partial charge in [-0.1, -0.05) is 6.07 Å². The Morgan fingerprint density at radius 1 is 1.29 bits per heavy atom. The summed E-state index contributed by atoms with van der Waals surface area (Å²) in [5.74, 6) is -0.137. The molecule has 0 spiro atoms. The number of hydrogen-bond acceptors (Lipinski definition) is 5. The molecule has 0 radical (unpaired) electrons. The lowest BCUT2D eigenvalue weighted by Gasteiger charge is -2.32. The molecule has 1 aromatic carbocycles. The molecule has 0 saturated carbocycles. The summed E-state index contributed by atoms with van der Waals surface area (Å²) in [6, 6.07) is 7.74. The highest BCUT2D eigenvalue weighted by Crippen LogP contribution is 2.28. The van der Waals surface area contributed by atoms with Gasteiger partial charge in [0.15, 0.2) is 5.69 Å². The monoisotopic (exact) mass is 394 g/mol. The van der Waals surface area contributed by atoms with Gasteiger partial charge in [0.05, 0.1) is 6.54 Å². The van der Waals surface area contributed by atoms with Gasteiger partial charge in [-0.3, -0.25) is 4.79 Å². The predicted octanol–water partition coefficient (Wildman–Crippen LogP) is 3.25. The number of ether oxygens (including phenoxy) is 1. The maximum Gasteiger partial charge on any atom is 0.433 e. The first-order valence-corrected chi connectivity index (χ1v) is 8.87. The molecule has 6 nitrogen and oxygen atoms in total. The van der Waals surface area contributed by atoms with Crippen LogP contribution in [0.4, 0.5) is 18.9 Å². The number of carbonyl (C=O) groups is 1. The molecule has 1 aliphatic rings. The predicted molar refractivity (Wildman–Crippen MR) is 97.4 cm³/mol. The first-order valence-electron chi connectivity index (χ1n) is 8.87. The first kappa shape index (κ1) is 19.9. The van der Waals surface area contributed by atoms with Gasteiger partial charge in [-0.2, -0.15) is 18.2 Å². The van der Waals surface area contributed by atoms with Crippen LogP contribution in [0.25, 0.3) is 0 Å². The average Bonchev–Trinajstić information content (AvgIpc) is 2.67. The topological polar surface area (TPSA) is 58.6 Å². The molecule has 0 N–H and O–H groups in total. The van der Waals surface area contributed by atoms with Crippen molar-refractivity contribution < 1.29 is 22.7 Å². The van der Waals surface area contributed by atoms with Gasteiger partial charge in [0, 0.05) is 38.1 Å². The molecular weight excluding hydrogens is 373 g/mol. The van der Waals surface area contributed by atoms with Crippen molar-refractivity contribution in [2.75, 3.05) is 32.1 Å². The number of rotatable bonds is 4. The Hall–Kier alpha value is -2.84. The molecule has 2 aromatic rings. The van der Waals surface area contributed by atoms with Crippen LogP contribution >= 0.6 is 0 Å². The minimum Gasteiger partial charge on any atom is -0.458 e. The van der Waals surface area contributed by atoms with E-state index in [-0.39, 0.29) is 18.5 Å². The van der Waals surface area contributed by atoms with E-state index in [1.807, 2.05) is 37.2 Å². The Labute approximate surface area is 160 Å². The standard InChI is InChI=1S/C19H21F3N4O2/c1-25(2)14-6-3-5-13(11-14)17(27)26-10-4-7-15(12-26)28-18-23-9-8-16(24-18)19(20,21)22/h3,5-6,8-9,11,15H,4,7,10,12H2,1-2H3. The third kappa shape index (κ3) is 4.71. The van der Waals surface area contributed by atoms with Gasteiger partial charge < -0.3 is 14.5 Å². The normalized spacial score (nSPS) is 17.3. The van der Waals surface area contributed by atoms with Crippen LogP contribution in [-0.2, 0) is 6.18 Å². The van der Waals surface area contributed by atoms with Crippen LogP contribution in [0.5, 0.6) is 6.01 Å². The van der Waals surface area contributed by atoms with Crippen molar-refractivity contribution in [3.8, 4) is 6.01 Å². The number of aromatic nitrogens is 2. The number of amides is 1. The Morgan fingerprint density at radius 2 is 2.07 bits per heavy atom. The van der Waals surface area contributed by atoms with Gasteiger partial charge in [0.2, 0.25) is 0 Å². The number of anilines is 1. The molecule has 0 bridgehead atoms. The van der Waals surface area contributed by atoms with Crippen molar-refractivity contribution in [2.24, 2.45) is 0 Å². The Bertz CT molecular complexity index is 842. The molecule has 9 heteroatoms. The van der Waals surface area contributed by atoms with Crippen molar-refractivity contribution in [1.29, 1.82) is 0 Å². The Kier molecular flexibility index (Phi) is 5.71. The van der Waals surface area contributed by atoms with E-state index in [2.05, 4.69) is 9.97 Å².